The van der Waals surface area contributed by atoms with Gasteiger partial charge in [-0.2, -0.15) is 0 Å². The Morgan fingerprint density at radius 3 is 2.17 bits per heavy atom. The van der Waals surface area contributed by atoms with Crippen molar-refractivity contribution in [3.05, 3.63) is 93.3 Å². The SMILES string of the molecule is CNOCCOC1C(O)C(CO[Si](c2ccccc2)(c2ccccc2)C(C)(C)C)OC1n1cc(C)c(=O)[nH]c1=O. The Balaban J connectivity index is 1.69. The number of hydrogen-bond acceptors (Lipinski definition) is 8. The Hall–Kier alpha value is -2.90. The van der Waals surface area contributed by atoms with Gasteiger partial charge in [0.15, 0.2) is 6.23 Å². The first-order valence-electron chi connectivity index (χ1n) is 13.4. The van der Waals surface area contributed by atoms with E-state index >= 15 is 0 Å². The standard InChI is InChI=1S/C29H39N3O7Si/c1-20-18-32(28(35)31-26(20)34)27-25(36-16-17-37-30-5)24(33)23(39-27)19-38-40(29(2,3)4,21-12-8-6-9-13-21)22-14-10-7-11-15-22/h6-15,18,23-25,27,30,33H,16-17,19H2,1-5H3,(H,31,34,35). The van der Waals surface area contributed by atoms with Gasteiger partial charge in [-0.3, -0.25) is 19.2 Å². The number of nitrogens with zero attached hydrogens (tertiary/aromatic N) is 1. The molecule has 4 rings (SSSR count). The highest BCUT2D eigenvalue weighted by Gasteiger charge is 2.52. The van der Waals surface area contributed by atoms with Crippen LogP contribution in [-0.4, -0.2) is 68.2 Å². The summed E-state index contributed by atoms with van der Waals surface area (Å²) in [6, 6.07) is 20.4. The molecule has 2 aromatic carbocycles. The molecular weight excluding hydrogens is 530 g/mol. The second-order valence-electron chi connectivity index (χ2n) is 10.9. The van der Waals surface area contributed by atoms with E-state index in [0.717, 1.165) is 10.4 Å². The molecule has 1 aliphatic heterocycles. The molecule has 0 radical (unpaired) electrons. The quantitative estimate of drug-likeness (QED) is 0.179. The average Bonchev–Trinajstić information content (AvgIpc) is 3.24. The fourth-order valence-corrected chi connectivity index (χ4v) is 9.90. The van der Waals surface area contributed by atoms with Crippen molar-refractivity contribution in [1.82, 2.24) is 15.0 Å². The molecule has 4 atom stereocenters. The molecule has 1 aliphatic rings. The molecule has 3 aromatic rings. The van der Waals surface area contributed by atoms with Crippen LogP contribution in [0.2, 0.25) is 5.04 Å². The van der Waals surface area contributed by atoms with Gasteiger partial charge in [-0.1, -0.05) is 81.4 Å². The molecule has 0 saturated carbocycles. The highest BCUT2D eigenvalue weighted by atomic mass is 28.4. The Morgan fingerprint density at radius 2 is 1.62 bits per heavy atom. The normalized spacial score (nSPS) is 21.6. The number of aliphatic hydroxyl groups is 1. The summed E-state index contributed by atoms with van der Waals surface area (Å²) in [7, 11) is -1.27. The minimum Gasteiger partial charge on any atom is -0.405 e. The number of ether oxygens (including phenoxy) is 2. The maximum atomic E-state index is 12.8. The second kappa shape index (κ2) is 12.7. The monoisotopic (exact) mass is 569 g/mol. The van der Waals surface area contributed by atoms with Crippen molar-refractivity contribution in [2.45, 2.75) is 57.3 Å². The van der Waals surface area contributed by atoms with Crippen molar-refractivity contribution in [1.29, 1.82) is 0 Å². The number of benzene rings is 2. The van der Waals surface area contributed by atoms with E-state index in [4.69, 9.17) is 18.7 Å². The first-order valence-corrected chi connectivity index (χ1v) is 15.3. The summed E-state index contributed by atoms with van der Waals surface area (Å²) in [5.41, 5.74) is 1.78. The van der Waals surface area contributed by atoms with Crippen LogP contribution in [0.1, 0.15) is 32.6 Å². The summed E-state index contributed by atoms with van der Waals surface area (Å²) < 4.78 is 20.5. The lowest BCUT2D eigenvalue weighted by molar-refractivity contribution is -0.0904. The number of nitrogens with one attached hydrogen (secondary N) is 2. The minimum atomic E-state index is -2.91. The van der Waals surface area contributed by atoms with Crippen LogP contribution in [0.25, 0.3) is 0 Å². The van der Waals surface area contributed by atoms with Crippen molar-refractivity contribution in [3.63, 3.8) is 0 Å². The molecule has 10 nitrogen and oxygen atoms in total. The van der Waals surface area contributed by atoms with Crippen molar-refractivity contribution >= 4 is 18.7 Å². The molecule has 0 bridgehead atoms. The van der Waals surface area contributed by atoms with E-state index in [9.17, 15) is 14.7 Å². The highest BCUT2D eigenvalue weighted by molar-refractivity contribution is 6.99. The summed E-state index contributed by atoms with van der Waals surface area (Å²) in [4.78, 5) is 32.2. The summed E-state index contributed by atoms with van der Waals surface area (Å²) in [5.74, 6) is 0. The van der Waals surface area contributed by atoms with Gasteiger partial charge in [-0.05, 0) is 22.3 Å². The number of H-pyrrole nitrogens is 1. The van der Waals surface area contributed by atoms with Crippen LogP contribution in [-0.2, 0) is 18.7 Å². The number of aliphatic hydroxyl groups excluding tert-OH is 1. The van der Waals surface area contributed by atoms with Crippen molar-refractivity contribution < 1.29 is 23.8 Å². The van der Waals surface area contributed by atoms with Crippen LogP contribution in [0.4, 0.5) is 0 Å². The van der Waals surface area contributed by atoms with Crippen LogP contribution < -0.4 is 27.1 Å². The van der Waals surface area contributed by atoms with Gasteiger partial charge < -0.3 is 19.0 Å². The number of hydroxylamine groups is 1. The van der Waals surface area contributed by atoms with Crippen LogP contribution >= 0.6 is 0 Å². The van der Waals surface area contributed by atoms with E-state index in [1.165, 1.54) is 10.8 Å². The van der Waals surface area contributed by atoms with Gasteiger partial charge in [-0.15, -0.1) is 0 Å². The van der Waals surface area contributed by atoms with Gasteiger partial charge >= 0.3 is 5.69 Å². The lowest BCUT2D eigenvalue weighted by Gasteiger charge is -2.43. The highest BCUT2D eigenvalue weighted by Crippen LogP contribution is 2.38. The maximum Gasteiger partial charge on any atom is 0.330 e. The predicted octanol–water partition coefficient (Wildman–Crippen LogP) is 1.22. The Bertz CT molecular complexity index is 1320. The summed E-state index contributed by atoms with van der Waals surface area (Å²) in [5, 5.41) is 13.4. The molecule has 0 amide bonds. The molecule has 1 saturated heterocycles. The zero-order chi connectivity index (χ0) is 28.9. The van der Waals surface area contributed by atoms with Gasteiger partial charge in [0.05, 0.1) is 19.8 Å². The van der Waals surface area contributed by atoms with Gasteiger partial charge in [0, 0.05) is 18.8 Å². The summed E-state index contributed by atoms with van der Waals surface area (Å²) in [6.07, 6.45) is -2.39. The van der Waals surface area contributed by atoms with Gasteiger partial charge in [0.1, 0.15) is 18.3 Å². The zero-order valence-corrected chi connectivity index (χ0v) is 24.6. The van der Waals surface area contributed by atoms with Crippen LogP contribution in [0.5, 0.6) is 0 Å². The fourth-order valence-electron chi connectivity index (χ4n) is 5.33. The molecular formula is C29H39N3O7Si. The Labute approximate surface area is 235 Å². The lowest BCUT2D eigenvalue weighted by atomic mass is 10.1. The third-order valence-electron chi connectivity index (χ3n) is 7.25. The summed E-state index contributed by atoms with van der Waals surface area (Å²) in [6.45, 7) is 8.53. The van der Waals surface area contributed by atoms with E-state index < -0.39 is 44.1 Å². The van der Waals surface area contributed by atoms with E-state index in [2.05, 4.69) is 55.5 Å². The molecule has 40 heavy (non-hydrogen) atoms. The first kappa shape index (κ1) is 30.1. The molecule has 1 fully saturated rings. The molecule has 216 valence electrons. The summed E-state index contributed by atoms with van der Waals surface area (Å²) >= 11 is 0. The predicted molar refractivity (Wildman–Crippen MR) is 154 cm³/mol. The first-order chi connectivity index (χ1) is 19.1. The van der Waals surface area contributed by atoms with E-state index in [-0.39, 0.29) is 24.9 Å². The Morgan fingerprint density at radius 1 is 1.02 bits per heavy atom. The van der Waals surface area contributed by atoms with Gasteiger partial charge in [0.25, 0.3) is 13.9 Å². The number of hydrogen-bond donors (Lipinski definition) is 3. The minimum absolute atomic E-state index is 0.0644. The smallest absolute Gasteiger partial charge is 0.330 e. The molecule has 2 heterocycles. The fraction of sp³-hybridized carbons (Fsp3) is 0.448. The maximum absolute atomic E-state index is 12.8. The van der Waals surface area contributed by atoms with Gasteiger partial charge in [-0.25, -0.2) is 10.3 Å². The molecule has 4 unspecified atom stereocenters. The van der Waals surface area contributed by atoms with Crippen molar-refractivity contribution in [2.75, 3.05) is 26.9 Å². The molecule has 0 aliphatic carbocycles. The van der Waals surface area contributed by atoms with Crippen LogP contribution in [0.15, 0.2) is 76.4 Å². The second-order valence-corrected chi connectivity index (χ2v) is 15.2. The number of aromatic amines is 1. The average molecular weight is 570 g/mol. The third-order valence-corrected chi connectivity index (χ3v) is 12.3. The third kappa shape index (κ3) is 6.05. The van der Waals surface area contributed by atoms with Gasteiger partial charge in [0.2, 0.25) is 0 Å². The number of aryl methyl sites for hydroxylation is 1. The molecule has 1 aromatic heterocycles. The van der Waals surface area contributed by atoms with Crippen LogP contribution in [0, 0.1) is 6.92 Å². The van der Waals surface area contributed by atoms with Crippen molar-refractivity contribution in [3.8, 4) is 0 Å². The topological polar surface area (TPSA) is 124 Å². The molecule has 11 heteroatoms. The zero-order valence-electron chi connectivity index (χ0n) is 23.6. The molecule has 3 N–H and O–H groups in total. The number of rotatable bonds is 11. The van der Waals surface area contributed by atoms with Crippen molar-refractivity contribution in [2.24, 2.45) is 0 Å². The largest absolute Gasteiger partial charge is 0.405 e. The Kier molecular flexibility index (Phi) is 9.57. The van der Waals surface area contributed by atoms with E-state index in [1.807, 2.05) is 36.4 Å². The molecule has 0 spiro atoms. The van der Waals surface area contributed by atoms with E-state index in [1.54, 1.807) is 14.0 Å². The van der Waals surface area contributed by atoms with Crippen LogP contribution in [0.3, 0.4) is 0 Å². The van der Waals surface area contributed by atoms with E-state index in [0.29, 0.717) is 5.56 Å². The number of aromatic nitrogens is 2. The lowest BCUT2D eigenvalue weighted by Crippen LogP contribution is -2.67.